The monoisotopic (exact) mass is 474 g/mol. The summed E-state index contributed by atoms with van der Waals surface area (Å²) in [5.74, 6) is 1.17. The normalized spacial score (nSPS) is 10.8. The number of carbonyl (C=O) groups excluding carboxylic acids is 1. The number of amides is 1. The highest BCUT2D eigenvalue weighted by Gasteiger charge is 2.06. The highest BCUT2D eigenvalue weighted by atomic mass is 79.9. The molecule has 0 aliphatic heterocycles. The molecule has 0 fully saturated rings. The average molecular weight is 476 g/mol. The number of thiocarbonyl (C=S) groups is 1. The Morgan fingerprint density at radius 2 is 1.79 bits per heavy atom. The Kier molecular flexibility index (Phi) is 7.03. The first-order valence-corrected chi connectivity index (χ1v) is 9.94. The molecule has 7 heteroatoms. The maximum absolute atomic E-state index is 11.9. The van der Waals surface area contributed by atoms with Gasteiger partial charge in [0.25, 0.3) is 0 Å². The minimum Gasteiger partial charge on any atom is -0.459 e. The van der Waals surface area contributed by atoms with Crippen molar-refractivity contribution in [2.24, 2.45) is 0 Å². The Morgan fingerprint density at radius 1 is 1.07 bits per heavy atom. The van der Waals surface area contributed by atoms with E-state index in [9.17, 15) is 4.79 Å². The molecule has 0 saturated carbocycles. The summed E-state index contributed by atoms with van der Waals surface area (Å²) in [6.45, 7) is 0.372. The number of rotatable bonds is 5. The van der Waals surface area contributed by atoms with E-state index in [1.54, 1.807) is 18.2 Å². The molecule has 1 aromatic heterocycles. The lowest BCUT2D eigenvalue weighted by molar-refractivity contribution is -0.115. The van der Waals surface area contributed by atoms with Crippen LogP contribution < -0.4 is 10.6 Å². The molecule has 0 aliphatic carbocycles. The molecule has 1 heterocycles. The number of hydrogen-bond donors (Lipinski definition) is 2. The van der Waals surface area contributed by atoms with Crippen molar-refractivity contribution in [1.82, 2.24) is 10.6 Å². The first kappa shape index (κ1) is 20.3. The summed E-state index contributed by atoms with van der Waals surface area (Å²) in [6, 6.07) is 18.8. The van der Waals surface area contributed by atoms with Crippen LogP contribution in [-0.2, 0) is 11.3 Å². The summed E-state index contributed by atoms with van der Waals surface area (Å²) in [5, 5.41) is 6.43. The van der Waals surface area contributed by atoms with Gasteiger partial charge < -0.3 is 9.73 Å². The molecule has 0 spiro atoms. The van der Waals surface area contributed by atoms with Crippen molar-refractivity contribution in [2.45, 2.75) is 6.54 Å². The molecule has 3 rings (SSSR count). The second kappa shape index (κ2) is 9.68. The minimum atomic E-state index is -0.317. The second-order valence-corrected chi connectivity index (χ2v) is 7.59. The van der Waals surface area contributed by atoms with Crippen LogP contribution in [0.3, 0.4) is 0 Å². The second-order valence-electron chi connectivity index (χ2n) is 5.83. The molecule has 0 aliphatic rings. The molecule has 0 radical (unpaired) electrons. The van der Waals surface area contributed by atoms with E-state index in [0.29, 0.717) is 17.3 Å². The van der Waals surface area contributed by atoms with Gasteiger partial charge in [0.2, 0.25) is 5.91 Å². The standard InChI is InChI=1S/C21H16BrClN2O2S/c22-16-6-4-15(5-7-16)19-11-10-18(27-19)13-24-21(28)25-20(26)12-3-14-1-8-17(23)9-2-14/h1-12H,13H2,(H2,24,25,26,28)/b12-3+. The van der Waals surface area contributed by atoms with Crippen molar-refractivity contribution in [3.63, 3.8) is 0 Å². The summed E-state index contributed by atoms with van der Waals surface area (Å²) in [5.41, 5.74) is 1.85. The molecule has 2 aromatic carbocycles. The van der Waals surface area contributed by atoms with Crippen LogP contribution in [0.5, 0.6) is 0 Å². The van der Waals surface area contributed by atoms with Crippen molar-refractivity contribution in [3.05, 3.63) is 87.6 Å². The number of nitrogens with one attached hydrogen (secondary N) is 2. The van der Waals surface area contributed by atoms with Crippen molar-refractivity contribution in [1.29, 1.82) is 0 Å². The summed E-state index contributed by atoms with van der Waals surface area (Å²) < 4.78 is 6.82. The average Bonchev–Trinajstić information content (AvgIpc) is 3.15. The molecule has 4 nitrogen and oxygen atoms in total. The minimum absolute atomic E-state index is 0.229. The first-order valence-electron chi connectivity index (χ1n) is 8.37. The predicted molar refractivity (Wildman–Crippen MR) is 120 cm³/mol. The zero-order valence-corrected chi connectivity index (χ0v) is 17.8. The van der Waals surface area contributed by atoms with Crippen molar-refractivity contribution < 1.29 is 9.21 Å². The third-order valence-corrected chi connectivity index (χ3v) is 4.77. The van der Waals surface area contributed by atoms with E-state index in [2.05, 4.69) is 26.6 Å². The van der Waals surface area contributed by atoms with Gasteiger partial charge in [-0.05, 0) is 60.3 Å². The van der Waals surface area contributed by atoms with E-state index in [0.717, 1.165) is 21.4 Å². The molecule has 0 unspecified atom stereocenters. The van der Waals surface area contributed by atoms with Gasteiger partial charge in [-0.1, -0.05) is 51.8 Å². The molecule has 142 valence electrons. The third-order valence-electron chi connectivity index (χ3n) is 3.75. The molecule has 0 saturated heterocycles. The van der Waals surface area contributed by atoms with Crippen molar-refractivity contribution in [2.75, 3.05) is 0 Å². The molecular formula is C21H16BrClN2O2S. The van der Waals surface area contributed by atoms with E-state index in [1.807, 2.05) is 48.5 Å². The number of carbonyl (C=O) groups is 1. The fourth-order valence-corrected chi connectivity index (χ4v) is 2.92. The molecule has 3 aromatic rings. The fraction of sp³-hybridized carbons (Fsp3) is 0.0476. The van der Waals surface area contributed by atoms with Crippen LogP contribution in [-0.4, -0.2) is 11.0 Å². The number of hydrogen-bond acceptors (Lipinski definition) is 3. The van der Waals surface area contributed by atoms with Crippen LogP contribution in [0.4, 0.5) is 0 Å². The summed E-state index contributed by atoms with van der Waals surface area (Å²) in [6.07, 6.45) is 3.10. The fourth-order valence-electron chi connectivity index (χ4n) is 2.35. The molecular weight excluding hydrogens is 460 g/mol. The number of halogens is 2. The Bertz CT molecular complexity index is 998. The number of benzene rings is 2. The van der Waals surface area contributed by atoms with Crippen molar-refractivity contribution >= 4 is 56.8 Å². The largest absolute Gasteiger partial charge is 0.459 e. The van der Waals surface area contributed by atoms with Gasteiger partial charge in [0, 0.05) is 21.1 Å². The van der Waals surface area contributed by atoms with E-state index >= 15 is 0 Å². The molecule has 2 N–H and O–H groups in total. The SMILES string of the molecule is O=C(/C=C/c1ccc(Cl)cc1)NC(=S)NCc1ccc(-c2ccc(Br)cc2)o1. The van der Waals surface area contributed by atoms with Gasteiger partial charge in [-0.2, -0.15) is 0 Å². The lowest BCUT2D eigenvalue weighted by atomic mass is 10.2. The molecule has 1 amide bonds. The van der Waals surface area contributed by atoms with Gasteiger partial charge in [-0.3, -0.25) is 10.1 Å². The van der Waals surface area contributed by atoms with Crippen LogP contribution in [0.25, 0.3) is 17.4 Å². The highest BCUT2D eigenvalue weighted by molar-refractivity contribution is 9.10. The maximum Gasteiger partial charge on any atom is 0.250 e. The Hall–Kier alpha value is -2.41. The summed E-state index contributed by atoms with van der Waals surface area (Å²) >= 11 is 14.4. The van der Waals surface area contributed by atoms with Crippen LogP contribution in [0.2, 0.25) is 5.02 Å². The Morgan fingerprint density at radius 3 is 2.50 bits per heavy atom. The van der Waals surface area contributed by atoms with Gasteiger partial charge in [-0.25, -0.2) is 0 Å². The van der Waals surface area contributed by atoms with Crippen molar-refractivity contribution in [3.8, 4) is 11.3 Å². The smallest absolute Gasteiger partial charge is 0.250 e. The zero-order valence-electron chi connectivity index (χ0n) is 14.6. The summed E-state index contributed by atoms with van der Waals surface area (Å²) in [4.78, 5) is 11.9. The predicted octanol–water partition coefficient (Wildman–Crippen LogP) is 5.57. The van der Waals surface area contributed by atoms with Gasteiger partial charge in [0.1, 0.15) is 11.5 Å². The van der Waals surface area contributed by atoms with Crippen LogP contribution in [0, 0.1) is 0 Å². The van der Waals surface area contributed by atoms with Gasteiger partial charge in [-0.15, -0.1) is 0 Å². The van der Waals surface area contributed by atoms with Gasteiger partial charge in [0.15, 0.2) is 5.11 Å². The van der Waals surface area contributed by atoms with Gasteiger partial charge >= 0.3 is 0 Å². The topological polar surface area (TPSA) is 54.3 Å². The van der Waals surface area contributed by atoms with Crippen LogP contribution in [0.15, 0.2) is 75.6 Å². The summed E-state index contributed by atoms with van der Waals surface area (Å²) in [7, 11) is 0. The Balaban J connectivity index is 1.48. The maximum atomic E-state index is 11.9. The highest BCUT2D eigenvalue weighted by Crippen LogP contribution is 2.23. The van der Waals surface area contributed by atoms with E-state index in [-0.39, 0.29) is 11.0 Å². The third kappa shape index (κ3) is 6.05. The lowest BCUT2D eigenvalue weighted by Crippen LogP contribution is -2.37. The first-order chi connectivity index (χ1) is 13.5. The van der Waals surface area contributed by atoms with Crippen LogP contribution in [0.1, 0.15) is 11.3 Å². The zero-order chi connectivity index (χ0) is 19.9. The van der Waals surface area contributed by atoms with E-state index in [1.165, 1.54) is 6.08 Å². The lowest BCUT2D eigenvalue weighted by Gasteiger charge is -2.06. The van der Waals surface area contributed by atoms with E-state index < -0.39 is 0 Å². The van der Waals surface area contributed by atoms with Gasteiger partial charge in [0.05, 0.1) is 6.54 Å². The van der Waals surface area contributed by atoms with E-state index in [4.69, 9.17) is 28.2 Å². The molecule has 0 atom stereocenters. The number of furan rings is 1. The Labute approximate surface area is 181 Å². The van der Waals surface area contributed by atoms with Crippen LogP contribution >= 0.6 is 39.7 Å². The molecule has 28 heavy (non-hydrogen) atoms. The molecule has 0 bridgehead atoms. The quantitative estimate of drug-likeness (QED) is 0.374.